The predicted molar refractivity (Wildman–Crippen MR) is 74.3 cm³/mol. The van der Waals surface area contributed by atoms with Crippen LogP contribution in [0.25, 0.3) is 5.70 Å². The van der Waals surface area contributed by atoms with Crippen LogP contribution in [0.5, 0.6) is 0 Å². The van der Waals surface area contributed by atoms with Crippen LogP contribution in [0.2, 0.25) is 0 Å². The van der Waals surface area contributed by atoms with Crippen molar-refractivity contribution in [3.63, 3.8) is 0 Å². The molecule has 0 bridgehead atoms. The molecule has 1 saturated heterocycles. The number of nitrogens with zero attached hydrogens (tertiary/aromatic N) is 4. The minimum absolute atomic E-state index is 0.158. The fourth-order valence-corrected chi connectivity index (χ4v) is 2.31. The highest BCUT2D eigenvalue weighted by atomic mass is 19.3. The summed E-state index contributed by atoms with van der Waals surface area (Å²) in [6.07, 6.45) is -0.236. The summed E-state index contributed by atoms with van der Waals surface area (Å²) in [7, 11) is 0. The molecule has 0 aliphatic carbocycles. The average molecular weight is 283 g/mol. The van der Waals surface area contributed by atoms with Gasteiger partial charge in [-0.15, -0.1) is 0 Å². The Morgan fingerprint density at radius 1 is 1.60 bits per heavy atom. The van der Waals surface area contributed by atoms with Gasteiger partial charge in [-0.05, 0) is 25.8 Å². The highest BCUT2D eigenvalue weighted by Gasteiger charge is 2.26. The highest BCUT2D eigenvalue weighted by molar-refractivity contribution is 5.86. The van der Waals surface area contributed by atoms with E-state index in [1.165, 1.54) is 17.9 Å². The number of nitrogens with one attached hydrogen (secondary N) is 1. The summed E-state index contributed by atoms with van der Waals surface area (Å²) in [6.45, 7) is 9.26. The van der Waals surface area contributed by atoms with E-state index in [1.807, 2.05) is 0 Å². The molecule has 5 nitrogen and oxygen atoms in total. The third kappa shape index (κ3) is 3.09. The first-order chi connectivity index (χ1) is 9.50. The molecule has 7 heteroatoms. The molecule has 2 heterocycles. The van der Waals surface area contributed by atoms with Gasteiger partial charge in [-0.1, -0.05) is 13.5 Å². The minimum atomic E-state index is -2.59. The van der Waals surface area contributed by atoms with E-state index < -0.39 is 6.43 Å². The Bertz CT molecular complexity index is 509. The van der Waals surface area contributed by atoms with Crippen molar-refractivity contribution < 1.29 is 8.78 Å². The van der Waals surface area contributed by atoms with E-state index in [2.05, 4.69) is 33.9 Å². The number of halogens is 2. The van der Waals surface area contributed by atoms with Gasteiger partial charge >= 0.3 is 0 Å². The number of piperidine rings is 1. The van der Waals surface area contributed by atoms with Crippen molar-refractivity contribution in [3.05, 3.63) is 12.9 Å². The molecule has 1 aliphatic heterocycles. The van der Waals surface area contributed by atoms with Crippen LogP contribution in [0.3, 0.4) is 0 Å². The van der Waals surface area contributed by atoms with Gasteiger partial charge in [-0.2, -0.15) is 10.1 Å². The molecule has 0 saturated carbocycles. The second-order valence-electron chi connectivity index (χ2n) is 5.09. The van der Waals surface area contributed by atoms with Gasteiger partial charge in [-0.3, -0.25) is 0 Å². The van der Waals surface area contributed by atoms with Gasteiger partial charge in [0.25, 0.3) is 12.4 Å². The standard InChI is InChI=1S/C13H19F2N5/c1-8-4-5-16-6-11(8)10(3)20-13(17-7-18-20)19-9(2)12(14)15/h7-8,11-12,16H,3-6H2,1-2H3/b19-9+/t8-,11-/m1/s1. The zero-order chi connectivity index (χ0) is 14.7. The number of aliphatic imine (C=N–C) groups is 1. The van der Waals surface area contributed by atoms with Crippen LogP contribution in [0.1, 0.15) is 20.3 Å². The van der Waals surface area contributed by atoms with E-state index in [4.69, 9.17) is 0 Å². The minimum Gasteiger partial charge on any atom is -0.316 e. The molecule has 0 unspecified atom stereocenters. The monoisotopic (exact) mass is 283 g/mol. The molecule has 1 aromatic heterocycles. The van der Waals surface area contributed by atoms with Crippen molar-refractivity contribution in [2.75, 3.05) is 13.1 Å². The number of alkyl halides is 2. The third-order valence-corrected chi connectivity index (χ3v) is 3.65. The van der Waals surface area contributed by atoms with E-state index in [0.717, 1.165) is 25.2 Å². The molecular formula is C13H19F2N5. The molecule has 2 rings (SSSR count). The van der Waals surface area contributed by atoms with Gasteiger partial charge in [0.05, 0.1) is 5.71 Å². The zero-order valence-corrected chi connectivity index (χ0v) is 11.7. The van der Waals surface area contributed by atoms with Gasteiger partial charge in [0.2, 0.25) is 0 Å². The first kappa shape index (κ1) is 14.8. The number of hydrogen-bond donors (Lipinski definition) is 1. The molecule has 1 aromatic rings. The summed E-state index contributed by atoms with van der Waals surface area (Å²) in [5.74, 6) is 0.817. The van der Waals surface area contributed by atoms with Gasteiger partial charge in [0, 0.05) is 18.2 Å². The normalized spacial score (nSPS) is 24.1. The zero-order valence-electron chi connectivity index (χ0n) is 11.7. The Labute approximate surface area is 116 Å². The first-order valence-corrected chi connectivity index (χ1v) is 6.64. The van der Waals surface area contributed by atoms with Gasteiger partial charge in [-0.25, -0.2) is 18.5 Å². The van der Waals surface area contributed by atoms with Crippen molar-refractivity contribution in [2.24, 2.45) is 16.8 Å². The summed E-state index contributed by atoms with van der Waals surface area (Å²) in [5, 5.41) is 7.37. The summed E-state index contributed by atoms with van der Waals surface area (Å²) < 4.78 is 26.6. The maximum atomic E-state index is 12.5. The topological polar surface area (TPSA) is 55.1 Å². The number of aromatic nitrogens is 3. The summed E-state index contributed by atoms with van der Waals surface area (Å²) in [4.78, 5) is 7.76. The molecule has 20 heavy (non-hydrogen) atoms. The Kier molecular flexibility index (Phi) is 4.59. The van der Waals surface area contributed by atoms with Crippen molar-refractivity contribution in [1.29, 1.82) is 0 Å². The fourth-order valence-electron chi connectivity index (χ4n) is 2.31. The second-order valence-corrected chi connectivity index (χ2v) is 5.09. The van der Waals surface area contributed by atoms with E-state index in [0.29, 0.717) is 5.92 Å². The molecule has 0 radical (unpaired) electrons. The highest BCUT2D eigenvalue weighted by Crippen LogP contribution is 2.29. The maximum Gasteiger partial charge on any atom is 0.276 e. The van der Waals surface area contributed by atoms with Gasteiger partial charge < -0.3 is 5.32 Å². The largest absolute Gasteiger partial charge is 0.316 e. The molecule has 110 valence electrons. The van der Waals surface area contributed by atoms with E-state index in [9.17, 15) is 8.78 Å². The Balaban J connectivity index is 2.23. The van der Waals surface area contributed by atoms with Crippen LogP contribution in [0.15, 0.2) is 17.9 Å². The van der Waals surface area contributed by atoms with Crippen LogP contribution in [-0.2, 0) is 0 Å². The summed E-state index contributed by atoms with van der Waals surface area (Å²) in [6, 6.07) is 0. The Hall–Kier alpha value is -1.63. The van der Waals surface area contributed by atoms with E-state index in [1.54, 1.807) is 0 Å². The summed E-state index contributed by atoms with van der Waals surface area (Å²) >= 11 is 0. The first-order valence-electron chi connectivity index (χ1n) is 6.64. The van der Waals surface area contributed by atoms with E-state index in [-0.39, 0.29) is 17.6 Å². The smallest absolute Gasteiger partial charge is 0.276 e. The average Bonchev–Trinajstić information content (AvgIpc) is 2.86. The van der Waals surface area contributed by atoms with Crippen LogP contribution < -0.4 is 5.32 Å². The van der Waals surface area contributed by atoms with Crippen molar-refractivity contribution in [3.8, 4) is 0 Å². The van der Waals surface area contributed by atoms with Crippen molar-refractivity contribution in [2.45, 2.75) is 26.7 Å². The quantitative estimate of drug-likeness (QED) is 0.863. The molecular weight excluding hydrogens is 264 g/mol. The molecule has 0 amide bonds. The molecule has 1 aliphatic rings. The lowest BCUT2D eigenvalue weighted by Gasteiger charge is -2.30. The second kappa shape index (κ2) is 6.21. The van der Waals surface area contributed by atoms with Crippen LogP contribution in [0, 0.1) is 11.8 Å². The molecule has 0 spiro atoms. The van der Waals surface area contributed by atoms with Crippen molar-refractivity contribution in [1.82, 2.24) is 20.1 Å². The molecule has 0 aromatic carbocycles. The lowest BCUT2D eigenvalue weighted by atomic mass is 9.86. The Morgan fingerprint density at radius 3 is 3.00 bits per heavy atom. The number of rotatable bonds is 4. The lowest BCUT2D eigenvalue weighted by molar-refractivity contribution is 0.225. The summed E-state index contributed by atoms with van der Waals surface area (Å²) in [5.41, 5.74) is 0.463. The van der Waals surface area contributed by atoms with Crippen LogP contribution in [0.4, 0.5) is 14.7 Å². The third-order valence-electron chi connectivity index (χ3n) is 3.65. The SMILES string of the molecule is C=C([C@@H]1CNCC[C@H]1C)n1ncnc1/N=C(\C)C(F)F. The fraction of sp³-hybridized carbons (Fsp3) is 0.615. The van der Waals surface area contributed by atoms with E-state index >= 15 is 0 Å². The predicted octanol–water partition coefficient (Wildman–Crippen LogP) is 2.35. The van der Waals surface area contributed by atoms with Crippen LogP contribution in [-0.4, -0.2) is 40.0 Å². The number of hydrogen-bond acceptors (Lipinski definition) is 4. The maximum absolute atomic E-state index is 12.5. The van der Waals surface area contributed by atoms with Gasteiger partial charge in [0.15, 0.2) is 0 Å². The Morgan fingerprint density at radius 2 is 2.35 bits per heavy atom. The molecule has 1 fully saturated rings. The van der Waals surface area contributed by atoms with Gasteiger partial charge in [0.1, 0.15) is 6.33 Å². The lowest BCUT2D eigenvalue weighted by Crippen LogP contribution is -2.36. The van der Waals surface area contributed by atoms with Crippen LogP contribution >= 0.6 is 0 Å². The van der Waals surface area contributed by atoms with Crippen molar-refractivity contribution >= 4 is 17.4 Å². The molecule has 2 atom stereocenters. The molecule has 1 N–H and O–H groups in total.